The highest BCUT2D eigenvalue weighted by Gasteiger charge is 2.41. The van der Waals surface area contributed by atoms with Gasteiger partial charge in [-0.25, -0.2) is 0 Å². The highest BCUT2D eigenvalue weighted by atomic mass is 16.2. The predicted octanol–water partition coefficient (Wildman–Crippen LogP) is 1.40. The number of hydrogen-bond acceptors (Lipinski definition) is 2. The van der Waals surface area contributed by atoms with Crippen LogP contribution in [0.15, 0.2) is 0 Å². The van der Waals surface area contributed by atoms with Gasteiger partial charge in [-0.2, -0.15) is 0 Å². The zero-order valence-corrected chi connectivity index (χ0v) is 11.1. The summed E-state index contributed by atoms with van der Waals surface area (Å²) in [4.78, 5) is 28.3. The number of rotatable bonds is 3. The quantitative estimate of drug-likeness (QED) is 0.759. The minimum absolute atomic E-state index is 0.151. The standard InChI is InChI=1S/C14H22N2O2/c1-10(9-11-4-5-11)15-8-6-13(17)16-7-2-3-12(16)14(15)18/h10-12H,2-9H2,1H3. The van der Waals surface area contributed by atoms with Gasteiger partial charge in [0.1, 0.15) is 6.04 Å². The first-order valence-corrected chi connectivity index (χ1v) is 7.27. The van der Waals surface area contributed by atoms with Crippen molar-refractivity contribution >= 4 is 11.8 Å². The van der Waals surface area contributed by atoms with Crippen molar-refractivity contribution in [1.82, 2.24) is 9.80 Å². The van der Waals surface area contributed by atoms with Crippen molar-refractivity contribution in [2.24, 2.45) is 5.92 Å². The van der Waals surface area contributed by atoms with Crippen molar-refractivity contribution in [2.45, 2.75) is 57.5 Å². The van der Waals surface area contributed by atoms with Crippen LogP contribution in [-0.4, -0.2) is 46.8 Å². The highest BCUT2D eigenvalue weighted by molar-refractivity contribution is 5.90. The van der Waals surface area contributed by atoms with Crippen molar-refractivity contribution in [2.75, 3.05) is 13.1 Å². The fourth-order valence-electron chi connectivity index (χ4n) is 3.38. The second-order valence-electron chi connectivity index (χ2n) is 6.05. The molecule has 0 aromatic carbocycles. The van der Waals surface area contributed by atoms with E-state index < -0.39 is 0 Å². The molecule has 2 unspecified atom stereocenters. The van der Waals surface area contributed by atoms with E-state index in [1.165, 1.54) is 12.8 Å². The van der Waals surface area contributed by atoms with Gasteiger partial charge in [0.2, 0.25) is 11.8 Å². The number of nitrogens with zero attached hydrogens (tertiary/aromatic N) is 2. The summed E-state index contributed by atoms with van der Waals surface area (Å²) in [6.45, 7) is 3.55. The Balaban J connectivity index is 1.73. The average Bonchev–Trinajstić information content (AvgIpc) is 3.03. The number of hydrogen-bond donors (Lipinski definition) is 0. The molecule has 4 nitrogen and oxygen atoms in total. The van der Waals surface area contributed by atoms with Gasteiger partial charge in [0.05, 0.1) is 0 Å². The summed E-state index contributed by atoms with van der Waals surface area (Å²) in [5.74, 6) is 1.20. The molecule has 18 heavy (non-hydrogen) atoms. The van der Waals surface area contributed by atoms with Crippen LogP contribution in [0.3, 0.4) is 0 Å². The second-order valence-corrected chi connectivity index (χ2v) is 6.05. The van der Waals surface area contributed by atoms with Gasteiger partial charge in [-0.3, -0.25) is 9.59 Å². The molecule has 0 aromatic rings. The first kappa shape index (κ1) is 12.0. The van der Waals surface area contributed by atoms with Gasteiger partial charge in [-0.1, -0.05) is 12.8 Å². The van der Waals surface area contributed by atoms with Gasteiger partial charge in [-0.05, 0) is 32.1 Å². The molecule has 0 aromatic heterocycles. The highest BCUT2D eigenvalue weighted by Crippen LogP contribution is 2.35. The molecule has 0 radical (unpaired) electrons. The smallest absolute Gasteiger partial charge is 0.245 e. The zero-order valence-electron chi connectivity index (χ0n) is 11.1. The molecule has 1 saturated carbocycles. The Morgan fingerprint density at radius 1 is 1.22 bits per heavy atom. The average molecular weight is 250 g/mol. The van der Waals surface area contributed by atoms with E-state index in [9.17, 15) is 9.59 Å². The minimum atomic E-state index is -0.151. The fraction of sp³-hybridized carbons (Fsp3) is 0.857. The third kappa shape index (κ3) is 2.13. The Hall–Kier alpha value is -1.06. The molecule has 2 aliphatic heterocycles. The van der Waals surface area contributed by atoms with Crippen molar-refractivity contribution in [3.63, 3.8) is 0 Å². The molecule has 0 spiro atoms. The summed E-state index contributed by atoms with van der Waals surface area (Å²) in [5, 5.41) is 0. The normalized spacial score (nSPS) is 30.4. The first-order valence-electron chi connectivity index (χ1n) is 7.27. The molecular formula is C14H22N2O2. The van der Waals surface area contributed by atoms with Crippen LogP contribution < -0.4 is 0 Å². The monoisotopic (exact) mass is 250 g/mol. The predicted molar refractivity (Wildman–Crippen MR) is 67.9 cm³/mol. The van der Waals surface area contributed by atoms with Crippen LogP contribution in [0.4, 0.5) is 0 Å². The minimum Gasteiger partial charge on any atom is -0.338 e. The van der Waals surface area contributed by atoms with Crippen LogP contribution >= 0.6 is 0 Å². The van der Waals surface area contributed by atoms with Gasteiger partial charge in [0.15, 0.2) is 0 Å². The molecule has 3 rings (SSSR count). The summed E-state index contributed by atoms with van der Waals surface area (Å²) < 4.78 is 0. The number of carbonyl (C=O) groups is 2. The van der Waals surface area contributed by atoms with E-state index in [1.807, 2.05) is 9.80 Å². The molecule has 0 bridgehead atoms. The van der Waals surface area contributed by atoms with Gasteiger partial charge in [-0.15, -0.1) is 0 Å². The van der Waals surface area contributed by atoms with Crippen molar-refractivity contribution < 1.29 is 9.59 Å². The summed E-state index contributed by atoms with van der Waals surface area (Å²) in [5.41, 5.74) is 0. The van der Waals surface area contributed by atoms with Crippen LogP contribution in [-0.2, 0) is 9.59 Å². The van der Waals surface area contributed by atoms with Crippen molar-refractivity contribution in [1.29, 1.82) is 0 Å². The molecule has 2 atom stereocenters. The summed E-state index contributed by atoms with van der Waals surface area (Å²) in [7, 11) is 0. The zero-order chi connectivity index (χ0) is 12.7. The van der Waals surface area contributed by atoms with E-state index in [1.54, 1.807) is 0 Å². The fourth-order valence-corrected chi connectivity index (χ4v) is 3.38. The van der Waals surface area contributed by atoms with Crippen LogP contribution in [0.1, 0.15) is 45.4 Å². The lowest BCUT2D eigenvalue weighted by Gasteiger charge is -2.30. The van der Waals surface area contributed by atoms with Crippen LogP contribution in [0.5, 0.6) is 0 Å². The Morgan fingerprint density at radius 2 is 2.00 bits per heavy atom. The Morgan fingerprint density at radius 3 is 2.72 bits per heavy atom. The van der Waals surface area contributed by atoms with E-state index in [2.05, 4.69) is 6.92 Å². The molecule has 2 heterocycles. The third-order valence-corrected chi connectivity index (χ3v) is 4.61. The third-order valence-electron chi connectivity index (χ3n) is 4.61. The summed E-state index contributed by atoms with van der Waals surface area (Å²) in [6, 6.07) is 0.153. The number of carbonyl (C=O) groups excluding carboxylic acids is 2. The molecule has 0 N–H and O–H groups in total. The van der Waals surface area contributed by atoms with E-state index in [-0.39, 0.29) is 17.9 Å². The Labute approximate surface area is 108 Å². The molecule has 2 amide bonds. The van der Waals surface area contributed by atoms with Gasteiger partial charge >= 0.3 is 0 Å². The molecule has 3 aliphatic rings. The maximum absolute atomic E-state index is 12.5. The SMILES string of the molecule is CC(CC1CC1)N1CCC(=O)N2CCCC2C1=O. The summed E-state index contributed by atoms with van der Waals surface area (Å²) >= 11 is 0. The Kier molecular flexibility index (Phi) is 3.04. The van der Waals surface area contributed by atoms with Crippen LogP contribution in [0.2, 0.25) is 0 Å². The lowest BCUT2D eigenvalue weighted by atomic mass is 10.1. The maximum Gasteiger partial charge on any atom is 0.245 e. The van der Waals surface area contributed by atoms with E-state index in [4.69, 9.17) is 0 Å². The number of amides is 2. The topological polar surface area (TPSA) is 40.6 Å². The van der Waals surface area contributed by atoms with Crippen molar-refractivity contribution in [3.8, 4) is 0 Å². The molecule has 1 aliphatic carbocycles. The molecule has 2 saturated heterocycles. The van der Waals surface area contributed by atoms with Crippen LogP contribution in [0.25, 0.3) is 0 Å². The molecule has 4 heteroatoms. The van der Waals surface area contributed by atoms with Gasteiger partial charge in [0.25, 0.3) is 0 Å². The second kappa shape index (κ2) is 4.56. The lowest BCUT2D eigenvalue weighted by Crippen LogP contribution is -2.46. The van der Waals surface area contributed by atoms with Crippen molar-refractivity contribution in [3.05, 3.63) is 0 Å². The largest absolute Gasteiger partial charge is 0.338 e. The Bertz CT molecular complexity index is 365. The molecule has 100 valence electrons. The van der Waals surface area contributed by atoms with E-state index in [0.717, 1.165) is 31.7 Å². The lowest BCUT2D eigenvalue weighted by molar-refractivity contribution is -0.140. The van der Waals surface area contributed by atoms with E-state index >= 15 is 0 Å². The maximum atomic E-state index is 12.5. The van der Waals surface area contributed by atoms with E-state index in [0.29, 0.717) is 19.0 Å². The molecular weight excluding hydrogens is 228 g/mol. The number of fused-ring (bicyclic) bond motifs is 1. The summed E-state index contributed by atoms with van der Waals surface area (Å²) in [6.07, 6.45) is 6.11. The van der Waals surface area contributed by atoms with Crippen LogP contribution in [0, 0.1) is 5.92 Å². The van der Waals surface area contributed by atoms with Gasteiger partial charge < -0.3 is 9.80 Å². The molecule has 3 fully saturated rings. The first-order chi connectivity index (χ1) is 8.66. The van der Waals surface area contributed by atoms with Gasteiger partial charge in [0, 0.05) is 25.6 Å².